The molecule has 0 aliphatic heterocycles. The Kier molecular flexibility index (Phi) is 3.68. The monoisotopic (exact) mass is 314 g/mol. The molecule has 1 aromatic rings. The molecule has 2 aliphatic carbocycles. The first kappa shape index (κ1) is 15.9. The van der Waals surface area contributed by atoms with Crippen LogP contribution in [0.4, 0.5) is 0 Å². The Morgan fingerprint density at radius 1 is 1.22 bits per heavy atom. The molecule has 0 spiro atoms. The van der Waals surface area contributed by atoms with Crippen LogP contribution in [-0.4, -0.2) is 28.4 Å². The summed E-state index contributed by atoms with van der Waals surface area (Å²) in [6, 6.07) is 3.71. The minimum Gasteiger partial charge on any atom is -0.507 e. The number of aliphatic hydroxyl groups excluding tert-OH is 2. The summed E-state index contributed by atoms with van der Waals surface area (Å²) in [5.74, 6) is -1.96. The van der Waals surface area contributed by atoms with Crippen molar-refractivity contribution in [1.82, 2.24) is 0 Å². The van der Waals surface area contributed by atoms with E-state index in [4.69, 9.17) is 0 Å². The Morgan fingerprint density at radius 2 is 1.91 bits per heavy atom. The molecule has 0 amide bonds. The van der Waals surface area contributed by atoms with Crippen molar-refractivity contribution in [2.45, 2.75) is 45.4 Å². The fourth-order valence-corrected chi connectivity index (χ4v) is 3.88. The van der Waals surface area contributed by atoms with Crippen molar-refractivity contribution in [2.24, 2.45) is 5.92 Å². The van der Waals surface area contributed by atoms with Gasteiger partial charge in [-0.15, -0.1) is 0 Å². The van der Waals surface area contributed by atoms with Crippen LogP contribution in [0.15, 0.2) is 17.7 Å². The highest BCUT2D eigenvalue weighted by Gasteiger charge is 2.39. The van der Waals surface area contributed by atoms with E-state index in [1.807, 2.05) is 6.07 Å². The van der Waals surface area contributed by atoms with E-state index in [0.29, 0.717) is 11.1 Å². The zero-order chi connectivity index (χ0) is 16.9. The Labute approximate surface area is 135 Å². The highest BCUT2D eigenvalue weighted by molar-refractivity contribution is 6.52. The summed E-state index contributed by atoms with van der Waals surface area (Å²) in [5, 5.41) is 19.8. The number of hydrogen-bond donors (Lipinski definition) is 2. The lowest BCUT2D eigenvalue weighted by Crippen LogP contribution is -2.32. The molecule has 23 heavy (non-hydrogen) atoms. The number of carbonyl (C=O) groups is 2. The van der Waals surface area contributed by atoms with Crippen molar-refractivity contribution in [3.63, 3.8) is 0 Å². The summed E-state index contributed by atoms with van der Waals surface area (Å²) in [6.07, 6.45) is 2.75. The van der Waals surface area contributed by atoms with Gasteiger partial charge in [0, 0.05) is 23.7 Å². The minimum atomic E-state index is -0.687. The number of Topliss-reactive ketones (excluding diaryl/α,β-unsaturated/α-hetero) is 2. The van der Waals surface area contributed by atoms with Gasteiger partial charge in [-0.05, 0) is 35.8 Å². The SMILES string of the molecule is CC(CO)C1=C(O)c2ccc3c(c2C(=O)C1=O)CCCC3(C)C. The molecule has 1 unspecified atom stereocenters. The third kappa shape index (κ3) is 2.24. The van der Waals surface area contributed by atoms with Crippen LogP contribution in [-0.2, 0) is 16.6 Å². The van der Waals surface area contributed by atoms with E-state index in [0.717, 1.165) is 30.4 Å². The van der Waals surface area contributed by atoms with Gasteiger partial charge in [0.15, 0.2) is 0 Å². The molecule has 122 valence electrons. The van der Waals surface area contributed by atoms with E-state index in [9.17, 15) is 19.8 Å². The quantitative estimate of drug-likeness (QED) is 0.823. The van der Waals surface area contributed by atoms with Gasteiger partial charge in [-0.1, -0.05) is 32.9 Å². The van der Waals surface area contributed by atoms with E-state index < -0.39 is 17.5 Å². The molecule has 2 N–H and O–H groups in total. The second kappa shape index (κ2) is 5.31. The molecule has 4 heteroatoms. The number of ketones is 2. The van der Waals surface area contributed by atoms with E-state index in [2.05, 4.69) is 13.8 Å². The maximum Gasteiger partial charge on any atom is 0.234 e. The average Bonchev–Trinajstić information content (AvgIpc) is 2.51. The van der Waals surface area contributed by atoms with Crippen LogP contribution in [0.5, 0.6) is 0 Å². The Hall–Kier alpha value is -1.94. The summed E-state index contributed by atoms with van der Waals surface area (Å²) in [5.41, 5.74) is 2.78. The van der Waals surface area contributed by atoms with Gasteiger partial charge in [0.1, 0.15) is 5.76 Å². The molecule has 2 aliphatic rings. The lowest BCUT2D eigenvalue weighted by Gasteiger charge is -2.35. The molecule has 1 aromatic carbocycles. The zero-order valence-corrected chi connectivity index (χ0v) is 13.8. The van der Waals surface area contributed by atoms with Gasteiger partial charge in [-0.2, -0.15) is 0 Å². The molecule has 0 radical (unpaired) electrons. The fourth-order valence-electron chi connectivity index (χ4n) is 3.88. The number of benzene rings is 1. The third-order valence-corrected chi connectivity index (χ3v) is 5.23. The number of aliphatic hydroxyl groups is 2. The fraction of sp³-hybridized carbons (Fsp3) is 0.474. The van der Waals surface area contributed by atoms with Crippen LogP contribution in [0.3, 0.4) is 0 Å². The van der Waals surface area contributed by atoms with Crippen molar-refractivity contribution in [2.75, 3.05) is 6.61 Å². The molecular weight excluding hydrogens is 292 g/mol. The Morgan fingerprint density at radius 3 is 2.57 bits per heavy atom. The summed E-state index contributed by atoms with van der Waals surface area (Å²) in [4.78, 5) is 25.2. The van der Waals surface area contributed by atoms with Crippen LogP contribution >= 0.6 is 0 Å². The molecule has 0 heterocycles. The molecule has 3 rings (SSSR count). The Balaban J connectivity index is 2.29. The first-order chi connectivity index (χ1) is 10.8. The van der Waals surface area contributed by atoms with Crippen molar-refractivity contribution in [3.8, 4) is 0 Å². The molecular formula is C19H22O4. The van der Waals surface area contributed by atoms with Crippen LogP contribution < -0.4 is 0 Å². The normalized spacial score (nSPS) is 21.0. The topological polar surface area (TPSA) is 74.6 Å². The van der Waals surface area contributed by atoms with Gasteiger partial charge < -0.3 is 10.2 Å². The summed E-state index contributed by atoms with van der Waals surface area (Å²) < 4.78 is 0. The predicted molar refractivity (Wildman–Crippen MR) is 87.5 cm³/mol. The average molecular weight is 314 g/mol. The van der Waals surface area contributed by atoms with Crippen molar-refractivity contribution < 1.29 is 19.8 Å². The van der Waals surface area contributed by atoms with Gasteiger partial charge in [0.25, 0.3) is 0 Å². The molecule has 1 atom stereocenters. The maximum atomic E-state index is 12.7. The summed E-state index contributed by atoms with van der Waals surface area (Å²) in [7, 11) is 0. The van der Waals surface area contributed by atoms with E-state index in [1.165, 1.54) is 0 Å². The van der Waals surface area contributed by atoms with Gasteiger partial charge in [0.05, 0.1) is 5.57 Å². The lowest BCUT2D eigenvalue weighted by molar-refractivity contribution is -0.112. The summed E-state index contributed by atoms with van der Waals surface area (Å²) >= 11 is 0. The van der Waals surface area contributed by atoms with E-state index >= 15 is 0 Å². The molecule has 0 aromatic heterocycles. The predicted octanol–water partition coefficient (Wildman–Crippen LogP) is 2.96. The largest absolute Gasteiger partial charge is 0.507 e. The smallest absolute Gasteiger partial charge is 0.234 e. The van der Waals surface area contributed by atoms with Crippen molar-refractivity contribution >= 4 is 17.3 Å². The van der Waals surface area contributed by atoms with E-state index in [1.54, 1.807) is 13.0 Å². The van der Waals surface area contributed by atoms with Gasteiger partial charge in [-0.25, -0.2) is 0 Å². The summed E-state index contributed by atoms with van der Waals surface area (Å²) in [6.45, 7) is 5.62. The van der Waals surface area contributed by atoms with Crippen LogP contribution in [0, 0.1) is 5.92 Å². The number of fused-ring (bicyclic) bond motifs is 3. The minimum absolute atomic E-state index is 0.0278. The standard InChI is InChI=1S/C19H22O4/c1-10(9-20)14-16(21)12-6-7-13-11(5-4-8-19(13,2)3)15(12)18(23)17(14)22/h6-7,10,20-21H,4-5,8-9H2,1-3H3. The maximum absolute atomic E-state index is 12.7. The highest BCUT2D eigenvalue weighted by atomic mass is 16.3. The first-order valence-electron chi connectivity index (χ1n) is 8.09. The molecule has 0 bridgehead atoms. The zero-order valence-electron chi connectivity index (χ0n) is 13.8. The first-order valence-corrected chi connectivity index (χ1v) is 8.09. The van der Waals surface area contributed by atoms with E-state index in [-0.39, 0.29) is 23.4 Å². The Bertz CT molecular complexity index is 740. The van der Waals surface area contributed by atoms with Crippen LogP contribution in [0.2, 0.25) is 0 Å². The third-order valence-electron chi connectivity index (χ3n) is 5.23. The highest BCUT2D eigenvalue weighted by Crippen LogP contribution is 2.42. The molecule has 0 fully saturated rings. The van der Waals surface area contributed by atoms with Gasteiger partial charge >= 0.3 is 0 Å². The van der Waals surface area contributed by atoms with Crippen LogP contribution in [0.25, 0.3) is 5.76 Å². The lowest BCUT2D eigenvalue weighted by atomic mass is 9.69. The second-order valence-corrected chi connectivity index (χ2v) is 7.26. The van der Waals surface area contributed by atoms with Gasteiger partial charge in [0.2, 0.25) is 11.6 Å². The van der Waals surface area contributed by atoms with Gasteiger partial charge in [-0.3, -0.25) is 9.59 Å². The second-order valence-electron chi connectivity index (χ2n) is 7.26. The number of rotatable bonds is 2. The number of hydrogen-bond acceptors (Lipinski definition) is 4. The van der Waals surface area contributed by atoms with Crippen LogP contribution in [0.1, 0.15) is 60.7 Å². The van der Waals surface area contributed by atoms with Crippen molar-refractivity contribution in [1.29, 1.82) is 0 Å². The molecule has 4 nitrogen and oxygen atoms in total. The van der Waals surface area contributed by atoms with Crippen molar-refractivity contribution in [3.05, 3.63) is 40.0 Å². The molecule has 0 saturated heterocycles. The molecule has 0 saturated carbocycles. The number of carbonyl (C=O) groups excluding carboxylic acids is 2.